The first kappa shape index (κ1) is 14.4. The fourth-order valence-corrected chi connectivity index (χ4v) is 1.03. The molecule has 6 nitrogen and oxygen atoms in total. The SMILES string of the molecule is O=[N+]([O-])c1cnc(Cl)nc1NCC(F)(F)C(F)F. The van der Waals surface area contributed by atoms with E-state index in [1.807, 2.05) is 0 Å². The van der Waals surface area contributed by atoms with E-state index in [9.17, 15) is 27.7 Å². The number of hydrogen-bond donors (Lipinski definition) is 1. The summed E-state index contributed by atoms with van der Waals surface area (Å²) in [7, 11) is 0. The molecule has 0 spiro atoms. The van der Waals surface area contributed by atoms with Gasteiger partial charge in [-0.2, -0.15) is 13.8 Å². The van der Waals surface area contributed by atoms with Gasteiger partial charge in [0.25, 0.3) is 0 Å². The molecule has 11 heteroatoms. The number of anilines is 1. The van der Waals surface area contributed by atoms with E-state index < -0.39 is 40.6 Å². The Bertz CT molecular complexity index is 459. The largest absolute Gasteiger partial charge is 0.358 e. The predicted octanol–water partition coefficient (Wildman–Crippen LogP) is 2.35. The minimum Gasteiger partial charge on any atom is -0.358 e. The Morgan fingerprint density at radius 3 is 2.67 bits per heavy atom. The molecule has 0 bridgehead atoms. The number of nitrogens with zero attached hydrogens (tertiary/aromatic N) is 3. The van der Waals surface area contributed by atoms with Crippen LogP contribution >= 0.6 is 11.6 Å². The summed E-state index contributed by atoms with van der Waals surface area (Å²) in [5, 5.41) is 11.8. The third kappa shape index (κ3) is 3.39. The summed E-state index contributed by atoms with van der Waals surface area (Å²) in [6.45, 7) is -1.52. The van der Waals surface area contributed by atoms with Crippen LogP contribution in [0.3, 0.4) is 0 Å². The van der Waals surface area contributed by atoms with Crippen LogP contribution in [-0.2, 0) is 0 Å². The van der Waals surface area contributed by atoms with Gasteiger partial charge >= 0.3 is 18.0 Å². The van der Waals surface area contributed by atoms with Gasteiger partial charge < -0.3 is 5.32 Å². The zero-order valence-electron chi connectivity index (χ0n) is 8.41. The van der Waals surface area contributed by atoms with Crippen LogP contribution in [0.4, 0.5) is 29.1 Å². The number of nitrogens with one attached hydrogen (secondary N) is 1. The average Bonchev–Trinajstić information content (AvgIpc) is 2.26. The molecule has 1 N–H and O–H groups in total. The van der Waals surface area contributed by atoms with Gasteiger partial charge in [-0.1, -0.05) is 0 Å². The van der Waals surface area contributed by atoms with Gasteiger partial charge in [0.15, 0.2) is 0 Å². The molecule has 1 aromatic heterocycles. The van der Waals surface area contributed by atoms with Gasteiger partial charge in [-0.3, -0.25) is 10.1 Å². The van der Waals surface area contributed by atoms with E-state index in [2.05, 4.69) is 9.97 Å². The summed E-state index contributed by atoms with van der Waals surface area (Å²) in [5.74, 6) is -4.99. The fourth-order valence-electron chi connectivity index (χ4n) is 0.896. The Morgan fingerprint density at radius 2 is 2.17 bits per heavy atom. The molecule has 0 saturated heterocycles. The molecule has 18 heavy (non-hydrogen) atoms. The molecular weight excluding hydrogens is 284 g/mol. The van der Waals surface area contributed by atoms with Crippen LogP contribution in [0, 0.1) is 10.1 Å². The smallest absolute Gasteiger partial charge is 0.329 e. The molecule has 1 rings (SSSR count). The summed E-state index contributed by atoms with van der Waals surface area (Å²) >= 11 is 5.31. The Labute approximate surface area is 102 Å². The van der Waals surface area contributed by atoms with Crippen molar-refractivity contribution in [2.45, 2.75) is 12.3 Å². The lowest BCUT2D eigenvalue weighted by Crippen LogP contribution is -2.35. The maximum absolute atomic E-state index is 12.6. The standard InChI is InChI=1S/C7H5ClF4N4O2/c8-6-13-1-3(16(17)18)4(15-6)14-2-7(11,12)5(9)10/h1,5H,2H2,(H,13,14,15). The highest BCUT2D eigenvalue weighted by Gasteiger charge is 2.41. The normalized spacial score (nSPS) is 11.7. The Balaban J connectivity index is 2.90. The van der Waals surface area contributed by atoms with E-state index in [4.69, 9.17) is 11.6 Å². The monoisotopic (exact) mass is 288 g/mol. The topological polar surface area (TPSA) is 81.0 Å². The average molecular weight is 289 g/mol. The van der Waals surface area contributed by atoms with Crippen molar-refractivity contribution in [1.82, 2.24) is 9.97 Å². The highest BCUT2D eigenvalue weighted by atomic mass is 35.5. The van der Waals surface area contributed by atoms with Crippen molar-refractivity contribution < 1.29 is 22.5 Å². The van der Waals surface area contributed by atoms with E-state index in [0.717, 1.165) is 0 Å². The molecule has 0 aliphatic carbocycles. The lowest BCUT2D eigenvalue weighted by atomic mass is 10.3. The fraction of sp³-hybridized carbons (Fsp3) is 0.429. The van der Waals surface area contributed by atoms with Crippen molar-refractivity contribution in [3.63, 3.8) is 0 Å². The van der Waals surface area contributed by atoms with Crippen LogP contribution < -0.4 is 5.32 Å². The van der Waals surface area contributed by atoms with Crippen molar-refractivity contribution in [2.24, 2.45) is 0 Å². The molecule has 0 amide bonds. The first-order chi connectivity index (χ1) is 8.24. The molecule has 0 atom stereocenters. The van der Waals surface area contributed by atoms with Gasteiger partial charge in [-0.05, 0) is 11.6 Å². The molecule has 0 aliphatic rings. The molecule has 0 unspecified atom stereocenters. The predicted molar refractivity (Wildman–Crippen MR) is 53.1 cm³/mol. The maximum Gasteiger partial charge on any atom is 0.329 e. The first-order valence-corrected chi connectivity index (χ1v) is 4.68. The van der Waals surface area contributed by atoms with Gasteiger partial charge in [-0.15, -0.1) is 0 Å². The summed E-state index contributed by atoms with van der Waals surface area (Å²) in [6.07, 6.45) is -3.22. The van der Waals surface area contributed by atoms with Gasteiger partial charge in [0, 0.05) is 0 Å². The molecule has 0 aromatic carbocycles. The van der Waals surface area contributed by atoms with E-state index >= 15 is 0 Å². The van der Waals surface area contributed by atoms with Crippen LogP contribution in [0.15, 0.2) is 6.20 Å². The molecule has 1 heterocycles. The van der Waals surface area contributed by atoms with E-state index in [-0.39, 0.29) is 0 Å². The van der Waals surface area contributed by atoms with Crippen molar-refractivity contribution >= 4 is 23.1 Å². The summed E-state index contributed by atoms with van der Waals surface area (Å²) in [6, 6.07) is 0. The third-order valence-electron chi connectivity index (χ3n) is 1.75. The van der Waals surface area contributed by atoms with Crippen LogP contribution in [0.2, 0.25) is 5.28 Å². The van der Waals surface area contributed by atoms with Gasteiger partial charge in [0.2, 0.25) is 11.1 Å². The van der Waals surface area contributed by atoms with Gasteiger partial charge in [0.05, 0.1) is 11.5 Å². The van der Waals surface area contributed by atoms with Crippen molar-refractivity contribution in [3.8, 4) is 0 Å². The number of nitro groups is 1. The maximum atomic E-state index is 12.6. The van der Waals surface area contributed by atoms with Crippen molar-refractivity contribution in [3.05, 3.63) is 21.6 Å². The molecule has 1 aromatic rings. The molecule has 0 radical (unpaired) electrons. The van der Waals surface area contributed by atoms with Crippen molar-refractivity contribution in [2.75, 3.05) is 11.9 Å². The number of halogens is 5. The Kier molecular flexibility index (Phi) is 4.22. The highest BCUT2D eigenvalue weighted by molar-refractivity contribution is 6.28. The minimum absolute atomic E-state index is 0.441. The van der Waals surface area contributed by atoms with Crippen LogP contribution in [0.1, 0.15) is 0 Å². The van der Waals surface area contributed by atoms with E-state index in [0.29, 0.717) is 6.20 Å². The van der Waals surface area contributed by atoms with E-state index in [1.54, 1.807) is 5.32 Å². The first-order valence-electron chi connectivity index (χ1n) is 4.31. The third-order valence-corrected chi connectivity index (χ3v) is 1.93. The van der Waals surface area contributed by atoms with Gasteiger partial charge in [0.1, 0.15) is 6.20 Å². The van der Waals surface area contributed by atoms with Crippen LogP contribution in [-0.4, -0.2) is 33.8 Å². The second-order valence-electron chi connectivity index (χ2n) is 3.05. The summed E-state index contributed by atoms with van der Waals surface area (Å²) in [4.78, 5) is 16.1. The second kappa shape index (κ2) is 5.29. The number of hydrogen-bond acceptors (Lipinski definition) is 5. The molecule has 0 fully saturated rings. The Hall–Kier alpha value is -1.71. The molecule has 100 valence electrons. The second-order valence-corrected chi connectivity index (χ2v) is 3.38. The van der Waals surface area contributed by atoms with Crippen LogP contribution in [0.5, 0.6) is 0 Å². The summed E-state index contributed by atoms with van der Waals surface area (Å²) in [5.41, 5.74) is -0.746. The van der Waals surface area contributed by atoms with Crippen LogP contribution in [0.25, 0.3) is 0 Å². The zero-order chi connectivity index (χ0) is 13.9. The number of rotatable bonds is 5. The molecule has 0 saturated carbocycles. The minimum atomic E-state index is -4.34. The quantitative estimate of drug-likeness (QED) is 0.389. The lowest BCUT2D eigenvalue weighted by Gasteiger charge is -2.15. The van der Waals surface area contributed by atoms with Crippen molar-refractivity contribution in [1.29, 1.82) is 0 Å². The Morgan fingerprint density at radius 1 is 1.56 bits per heavy atom. The highest BCUT2D eigenvalue weighted by Crippen LogP contribution is 2.26. The molecular formula is C7H5ClF4N4O2. The zero-order valence-corrected chi connectivity index (χ0v) is 9.17. The number of aromatic nitrogens is 2. The van der Waals surface area contributed by atoms with E-state index in [1.165, 1.54) is 0 Å². The number of alkyl halides is 4. The summed E-state index contributed by atoms with van der Waals surface area (Å²) < 4.78 is 49.0. The lowest BCUT2D eigenvalue weighted by molar-refractivity contribution is -0.384. The van der Waals surface area contributed by atoms with Gasteiger partial charge in [-0.25, -0.2) is 13.8 Å². The molecule has 0 aliphatic heterocycles.